The van der Waals surface area contributed by atoms with Gasteiger partial charge in [-0.15, -0.1) is 0 Å². The molecule has 0 atom stereocenters. The second-order valence-electron chi connectivity index (χ2n) is 5.93. The molecule has 2 heterocycles. The number of halogens is 2. The van der Waals surface area contributed by atoms with Crippen LogP contribution in [0.4, 0.5) is 15.2 Å². The number of anilines is 1. The van der Waals surface area contributed by atoms with Crippen molar-refractivity contribution < 1.29 is 9.18 Å². The molecular weight excluding hydrogens is 373 g/mol. The van der Waals surface area contributed by atoms with Crippen LogP contribution in [0, 0.1) is 12.1 Å². The van der Waals surface area contributed by atoms with Crippen LogP contribution < -0.4 is 5.32 Å². The van der Waals surface area contributed by atoms with E-state index in [0.29, 0.717) is 22.7 Å². The standard InChI is InChI=1S/C19H13ClFN3OS/c1-10-7-12(20)5-6-13(10)15-8-11-3-2-4-14(17(11)23-15)18(25)24-19-22-9-16(21)26-19/h2-7,9H,8H2,1H3,(H,22,24,25). The summed E-state index contributed by atoms with van der Waals surface area (Å²) < 4.78 is 13.1. The summed E-state index contributed by atoms with van der Waals surface area (Å²) in [6, 6.07) is 11.2. The molecule has 0 aliphatic carbocycles. The molecule has 2 aromatic carbocycles. The van der Waals surface area contributed by atoms with Crippen LogP contribution in [0.3, 0.4) is 0 Å². The number of fused-ring (bicyclic) bond motifs is 1. The quantitative estimate of drug-likeness (QED) is 0.675. The van der Waals surface area contributed by atoms with Crippen LogP contribution in [0.15, 0.2) is 47.6 Å². The number of hydrogen-bond donors (Lipinski definition) is 1. The molecule has 7 heteroatoms. The van der Waals surface area contributed by atoms with Crippen molar-refractivity contribution in [3.05, 3.63) is 75.0 Å². The molecule has 4 nitrogen and oxygen atoms in total. The van der Waals surface area contributed by atoms with E-state index in [9.17, 15) is 9.18 Å². The van der Waals surface area contributed by atoms with Crippen LogP contribution in [0.1, 0.15) is 27.0 Å². The number of carbonyl (C=O) groups is 1. The number of benzene rings is 2. The topological polar surface area (TPSA) is 54.4 Å². The largest absolute Gasteiger partial charge is 0.298 e. The third-order valence-electron chi connectivity index (χ3n) is 4.17. The van der Waals surface area contributed by atoms with Crippen molar-refractivity contribution in [3.8, 4) is 0 Å². The average molecular weight is 386 g/mol. The van der Waals surface area contributed by atoms with Crippen LogP contribution >= 0.6 is 22.9 Å². The molecule has 0 radical (unpaired) electrons. The van der Waals surface area contributed by atoms with E-state index in [1.165, 1.54) is 0 Å². The molecule has 130 valence electrons. The first kappa shape index (κ1) is 16.9. The van der Waals surface area contributed by atoms with Crippen LogP contribution in [0.5, 0.6) is 0 Å². The molecule has 1 amide bonds. The highest BCUT2D eigenvalue weighted by Gasteiger charge is 2.23. The Balaban J connectivity index is 1.68. The Morgan fingerprint density at radius 2 is 2.15 bits per heavy atom. The lowest BCUT2D eigenvalue weighted by molar-refractivity contribution is 0.102. The summed E-state index contributed by atoms with van der Waals surface area (Å²) in [5.74, 6) is -0.353. The van der Waals surface area contributed by atoms with Gasteiger partial charge in [0.05, 0.1) is 23.2 Å². The number of para-hydroxylation sites is 1. The van der Waals surface area contributed by atoms with Gasteiger partial charge in [0.1, 0.15) is 0 Å². The normalized spacial score (nSPS) is 12.7. The van der Waals surface area contributed by atoms with E-state index in [0.717, 1.165) is 39.9 Å². The Morgan fingerprint density at radius 3 is 2.88 bits per heavy atom. The highest BCUT2D eigenvalue weighted by molar-refractivity contribution is 7.14. The fourth-order valence-corrected chi connectivity index (χ4v) is 3.75. The van der Waals surface area contributed by atoms with Crippen molar-refractivity contribution in [2.45, 2.75) is 13.3 Å². The van der Waals surface area contributed by atoms with Crippen LogP contribution in [0.25, 0.3) is 0 Å². The molecule has 1 aromatic heterocycles. The number of hydrogen-bond acceptors (Lipinski definition) is 4. The van der Waals surface area contributed by atoms with Gasteiger partial charge in [-0.05, 0) is 41.8 Å². The summed E-state index contributed by atoms with van der Waals surface area (Å²) in [7, 11) is 0. The third-order valence-corrected chi connectivity index (χ3v) is 5.10. The fraction of sp³-hybridized carbons (Fsp3) is 0.105. The third kappa shape index (κ3) is 3.13. The molecule has 1 aliphatic heterocycles. The molecule has 0 unspecified atom stereocenters. The number of nitrogens with one attached hydrogen (secondary N) is 1. The van der Waals surface area contributed by atoms with E-state index >= 15 is 0 Å². The monoisotopic (exact) mass is 385 g/mol. The van der Waals surface area contributed by atoms with Crippen molar-refractivity contribution >= 4 is 45.4 Å². The first-order chi connectivity index (χ1) is 12.5. The smallest absolute Gasteiger partial charge is 0.259 e. The number of nitrogens with zero attached hydrogens (tertiary/aromatic N) is 2. The maximum atomic E-state index is 13.1. The van der Waals surface area contributed by atoms with E-state index in [4.69, 9.17) is 16.6 Å². The van der Waals surface area contributed by atoms with Crippen molar-refractivity contribution in [1.82, 2.24) is 4.98 Å². The maximum Gasteiger partial charge on any atom is 0.259 e. The molecule has 0 spiro atoms. The Hall–Kier alpha value is -2.57. The minimum atomic E-state index is -0.447. The summed E-state index contributed by atoms with van der Waals surface area (Å²) in [4.78, 5) is 21.1. The highest BCUT2D eigenvalue weighted by atomic mass is 35.5. The highest BCUT2D eigenvalue weighted by Crippen LogP contribution is 2.34. The van der Waals surface area contributed by atoms with Gasteiger partial charge in [-0.1, -0.05) is 41.1 Å². The minimum absolute atomic E-state index is 0.223. The van der Waals surface area contributed by atoms with Gasteiger partial charge in [-0.25, -0.2) is 4.98 Å². The van der Waals surface area contributed by atoms with Crippen LogP contribution in [0.2, 0.25) is 5.02 Å². The van der Waals surface area contributed by atoms with Crippen LogP contribution in [-0.2, 0) is 6.42 Å². The zero-order valence-corrected chi connectivity index (χ0v) is 15.3. The number of aryl methyl sites for hydroxylation is 1. The first-order valence-corrected chi connectivity index (χ1v) is 9.09. The Morgan fingerprint density at radius 1 is 1.31 bits per heavy atom. The van der Waals surface area contributed by atoms with Gasteiger partial charge >= 0.3 is 0 Å². The molecule has 0 bridgehead atoms. The summed E-state index contributed by atoms with van der Waals surface area (Å²) in [5.41, 5.74) is 5.01. The van der Waals surface area contributed by atoms with Gasteiger partial charge in [0, 0.05) is 11.4 Å². The predicted octanol–water partition coefficient (Wildman–Crippen LogP) is 5.17. The van der Waals surface area contributed by atoms with E-state index < -0.39 is 5.13 Å². The lowest BCUT2D eigenvalue weighted by Gasteiger charge is -2.05. The second kappa shape index (κ2) is 6.63. The SMILES string of the molecule is Cc1cc(Cl)ccc1C1=Nc2c(cccc2C(=O)Nc2ncc(F)s2)C1. The summed E-state index contributed by atoms with van der Waals surface area (Å²) in [6.45, 7) is 1.98. The van der Waals surface area contributed by atoms with E-state index in [1.54, 1.807) is 6.07 Å². The van der Waals surface area contributed by atoms with Crippen molar-refractivity contribution in [2.24, 2.45) is 4.99 Å². The predicted molar refractivity (Wildman–Crippen MR) is 103 cm³/mol. The second-order valence-corrected chi connectivity index (χ2v) is 7.35. The summed E-state index contributed by atoms with van der Waals surface area (Å²) >= 11 is 6.82. The molecule has 1 aliphatic rings. The number of carbonyl (C=O) groups excluding carboxylic acids is 1. The van der Waals surface area contributed by atoms with Gasteiger partial charge in [0.2, 0.25) is 0 Å². The van der Waals surface area contributed by atoms with Gasteiger partial charge < -0.3 is 0 Å². The number of aliphatic imine (C=N–C) groups is 1. The Kier molecular flexibility index (Phi) is 4.30. The van der Waals surface area contributed by atoms with Crippen molar-refractivity contribution in [3.63, 3.8) is 0 Å². The zero-order valence-electron chi connectivity index (χ0n) is 13.7. The Bertz CT molecular complexity index is 1060. The van der Waals surface area contributed by atoms with Gasteiger partial charge in [0.25, 0.3) is 5.91 Å². The van der Waals surface area contributed by atoms with Gasteiger partial charge in [-0.3, -0.25) is 15.1 Å². The molecule has 4 rings (SSSR count). The number of amides is 1. The number of rotatable bonds is 3. The molecule has 0 saturated carbocycles. The van der Waals surface area contributed by atoms with Crippen molar-refractivity contribution in [1.29, 1.82) is 0 Å². The van der Waals surface area contributed by atoms with Crippen molar-refractivity contribution in [2.75, 3.05) is 5.32 Å². The van der Waals surface area contributed by atoms with Crippen LogP contribution in [-0.4, -0.2) is 16.6 Å². The number of aromatic nitrogens is 1. The van der Waals surface area contributed by atoms with E-state index in [-0.39, 0.29) is 11.0 Å². The van der Waals surface area contributed by atoms with Gasteiger partial charge in [-0.2, -0.15) is 4.39 Å². The fourth-order valence-electron chi connectivity index (χ4n) is 2.99. The molecule has 1 N–H and O–H groups in total. The first-order valence-electron chi connectivity index (χ1n) is 7.90. The van der Waals surface area contributed by atoms with E-state index in [1.807, 2.05) is 37.3 Å². The minimum Gasteiger partial charge on any atom is -0.298 e. The summed E-state index contributed by atoms with van der Waals surface area (Å²) in [5, 5.41) is 3.08. The lowest BCUT2D eigenvalue weighted by Crippen LogP contribution is -2.12. The number of thiazole rings is 1. The van der Waals surface area contributed by atoms with Gasteiger partial charge in [0.15, 0.2) is 10.3 Å². The molecular formula is C19H13ClFN3OS. The molecule has 0 fully saturated rings. The summed E-state index contributed by atoms with van der Waals surface area (Å²) in [6.07, 6.45) is 1.72. The molecule has 0 saturated heterocycles. The lowest BCUT2D eigenvalue weighted by atomic mass is 9.99. The molecule has 26 heavy (non-hydrogen) atoms. The average Bonchev–Trinajstić information content (AvgIpc) is 3.20. The van der Waals surface area contributed by atoms with E-state index in [2.05, 4.69) is 10.3 Å². The molecule has 3 aromatic rings. The zero-order chi connectivity index (χ0) is 18.3. The maximum absolute atomic E-state index is 13.1. The Labute approximate surface area is 158 Å².